The molecule has 0 fully saturated rings. The van der Waals surface area contributed by atoms with E-state index in [1.54, 1.807) is 11.8 Å². The quantitative estimate of drug-likeness (QED) is 0.626. The summed E-state index contributed by atoms with van der Waals surface area (Å²) in [7, 11) is 0. The Hall–Kier alpha value is 0.259. The van der Waals surface area contributed by atoms with Gasteiger partial charge in [-0.1, -0.05) is 0 Å². The van der Waals surface area contributed by atoms with Gasteiger partial charge in [0.25, 0.3) is 0 Å². The number of thioether (sulfide) groups is 1. The van der Waals surface area contributed by atoms with E-state index in [2.05, 4.69) is 0 Å². The fourth-order valence-electron chi connectivity index (χ4n) is 0.368. The zero-order chi connectivity index (χ0) is 7.28. The molecule has 0 heterocycles. The van der Waals surface area contributed by atoms with Crippen LogP contribution < -0.4 is 5.73 Å². The first kappa shape index (κ1) is 17.4. The topological polar surface area (TPSA) is 94.8 Å². The molecule has 0 aromatic rings. The maximum atomic E-state index is 10.1. The van der Waals surface area contributed by atoms with Crippen molar-refractivity contribution in [3.8, 4) is 0 Å². The van der Waals surface area contributed by atoms with Gasteiger partial charge in [-0.05, 0) is 18.4 Å². The van der Waals surface area contributed by atoms with Gasteiger partial charge in [-0.2, -0.15) is 11.8 Å². The Morgan fingerprint density at radius 1 is 1.73 bits per heavy atom. The minimum atomic E-state index is -0.913. The van der Waals surface area contributed by atoms with Crippen LogP contribution in [0, 0.1) is 0 Å². The van der Waals surface area contributed by atoms with Gasteiger partial charge in [0.2, 0.25) is 0 Å². The Kier molecular flexibility index (Phi) is 16.2. The van der Waals surface area contributed by atoms with Crippen LogP contribution >= 0.6 is 11.8 Å². The van der Waals surface area contributed by atoms with Gasteiger partial charge in [0.05, 0.1) is 0 Å². The largest absolute Gasteiger partial charge is 0.480 e. The van der Waals surface area contributed by atoms with Crippen molar-refractivity contribution in [3.05, 3.63) is 0 Å². The third kappa shape index (κ3) is 10.3. The summed E-state index contributed by atoms with van der Waals surface area (Å²) in [5, 5.41) is 8.27. The van der Waals surface area contributed by atoms with Crippen molar-refractivity contribution in [3.63, 3.8) is 0 Å². The molecule has 0 rings (SSSR count). The van der Waals surface area contributed by atoms with Crippen LogP contribution in [0.2, 0.25) is 0 Å². The van der Waals surface area contributed by atoms with E-state index in [9.17, 15) is 4.79 Å². The molecule has 0 aliphatic heterocycles. The fourth-order valence-corrected chi connectivity index (χ4v) is 0.858. The first-order chi connectivity index (χ1) is 4.18. The van der Waals surface area contributed by atoms with Crippen LogP contribution in [0.5, 0.6) is 0 Å². The zero-order valence-corrected chi connectivity index (χ0v) is 7.89. The van der Waals surface area contributed by atoms with E-state index in [0.29, 0.717) is 6.42 Å². The molecule has 0 aromatic carbocycles. The molecule has 1 unspecified atom stereocenters. The van der Waals surface area contributed by atoms with E-state index in [1.807, 2.05) is 6.26 Å². The van der Waals surface area contributed by atoms with E-state index in [4.69, 9.17) is 10.8 Å². The van der Waals surface area contributed by atoms with Crippen LogP contribution in [0.1, 0.15) is 6.42 Å². The van der Waals surface area contributed by atoms with Crippen LogP contribution in [0.3, 0.4) is 0 Å². The molecule has 0 amide bonds. The summed E-state index contributed by atoms with van der Waals surface area (Å²) in [6.07, 6.45) is 2.48. The van der Waals surface area contributed by atoms with Crippen molar-refractivity contribution in [2.45, 2.75) is 12.5 Å². The van der Waals surface area contributed by atoms with Crippen LogP contribution in [-0.2, 0) is 21.9 Å². The summed E-state index contributed by atoms with van der Waals surface area (Å²) in [5.74, 6) is -0.1000. The van der Waals surface area contributed by atoms with Gasteiger partial charge in [0.1, 0.15) is 6.04 Å². The van der Waals surface area contributed by atoms with Crippen molar-refractivity contribution in [1.29, 1.82) is 0 Å². The zero-order valence-electron chi connectivity index (χ0n) is 6.13. The second-order valence-electron chi connectivity index (χ2n) is 1.73. The fraction of sp³-hybridized carbons (Fsp3) is 0.800. The van der Waals surface area contributed by atoms with Gasteiger partial charge in [0, 0.05) is 17.1 Å². The van der Waals surface area contributed by atoms with Crippen molar-refractivity contribution in [2.24, 2.45) is 5.73 Å². The normalized spacial score (nSPS) is 10.7. The Morgan fingerprint density at radius 2 is 2.18 bits per heavy atom. The minimum absolute atomic E-state index is 0. The molecule has 0 bridgehead atoms. The Labute approximate surface area is 80.7 Å². The van der Waals surface area contributed by atoms with Gasteiger partial charge in [-0.3, -0.25) is 4.79 Å². The van der Waals surface area contributed by atoms with Gasteiger partial charge in [0.15, 0.2) is 0 Å². The molecule has 0 aliphatic carbocycles. The molecule has 1 radical (unpaired) electrons. The number of carboxylic acid groups (broad SMARTS) is 1. The second-order valence-corrected chi connectivity index (χ2v) is 2.71. The maximum absolute atomic E-state index is 10.1. The first-order valence-electron chi connectivity index (χ1n) is 2.65. The van der Waals surface area contributed by atoms with Crippen molar-refractivity contribution >= 4 is 17.7 Å². The van der Waals surface area contributed by atoms with E-state index in [-0.39, 0.29) is 22.5 Å². The first-order valence-corrected chi connectivity index (χ1v) is 4.05. The van der Waals surface area contributed by atoms with Gasteiger partial charge in [-0.15, -0.1) is 0 Å². The summed E-state index contributed by atoms with van der Waals surface area (Å²) >= 11 is 1.60. The van der Waals surface area contributed by atoms with E-state index < -0.39 is 12.0 Å². The third-order valence-electron chi connectivity index (χ3n) is 0.950. The number of rotatable bonds is 4. The summed E-state index contributed by atoms with van der Waals surface area (Å²) in [6.45, 7) is 0. The average molecular weight is 231 g/mol. The molecule has 73 valence electrons. The van der Waals surface area contributed by atoms with E-state index in [0.717, 1.165) is 5.75 Å². The van der Waals surface area contributed by atoms with Crippen LogP contribution in [0.15, 0.2) is 0 Å². The van der Waals surface area contributed by atoms with Crippen molar-refractivity contribution in [1.82, 2.24) is 0 Å². The predicted molar refractivity (Wildman–Crippen MR) is 42.2 cm³/mol. The molecular weight excluding hydrogens is 218 g/mol. The van der Waals surface area contributed by atoms with E-state index in [1.165, 1.54) is 0 Å². The minimum Gasteiger partial charge on any atom is -0.480 e. The average Bonchev–Trinajstić information content (AvgIpc) is 1.82. The molecule has 0 spiro atoms. The SMILES string of the molecule is CSCCC(N)C(=O)O.O.[Cu]. The number of hydrogen-bond donors (Lipinski definition) is 2. The summed E-state index contributed by atoms with van der Waals surface area (Å²) < 4.78 is 0. The number of nitrogens with two attached hydrogens (primary N) is 1. The molecule has 11 heavy (non-hydrogen) atoms. The van der Waals surface area contributed by atoms with E-state index >= 15 is 0 Å². The van der Waals surface area contributed by atoms with Crippen molar-refractivity contribution < 1.29 is 32.4 Å². The third-order valence-corrected chi connectivity index (χ3v) is 1.59. The van der Waals surface area contributed by atoms with Crippen molar-refractivity contribution in [2.75, 3.05) is 12.0 Å². The molecular formula is C5H13CuNO3S. The molecule has 0 saturated carbocycles. The summed E-state index contributed by atoms with van der Waals surface area (Å²) in [6, 6.07) is -0.683. The maximum Gasteiger partial charge on any atom is 0.320 e. The monoisotopic (exact) mass is 230 g/mol. The molecule has 5 N–H and O–H groups in total. The molecule has 4 nitrogen and oxygen atoms in total. The smallest absolute Gasteiger partial charge is 0.320 e. The standard InChI is InChI=1S/C5H11NO2S.Cu.H2O/c1-9-3-2-4(6)5(7)8;;/h4H,2-3,6H2,1H3,(H,7,8);;1H2. The number of carboxylic acids is 1. The predicted octanol–water partition coefficient (Wildman–Crippen LogP) is -0.676. The molecule has 0 saturated heterocycles. The van der Waals surface area contributed by atoms with Gasteiger partial charge < -0.3 is 16.3 Å². The van der Waals surface area contributed by atoms with Crippen LogP contribution in [0.4, 0.5) is 0 Å². The number of carbonyl (C=O) groups is 1. The molecule has 6 heteroatoms. The Bertz CT molecular complexity index is 104. The summed E-state index contributed by atoms with van der Waals surface area (Å²) in [5.41, 5.74) is 5.19. The van der Waals surface area contributed by atoms with Gasteiger partial charge in [-0.25, -0.2) is 0 Å². The molecule has 0 aromatic heterocycles. The Balaban J connectivity index is -0.000000320. The number of hydrogen-bond acceptors (Lipinski definition) is 3. The van der Waals surface area contributed by atoms with Crippen LogP contribution in [0.25, 0.3) is 0 Å². The van der Waals surface area contributed by atoms with Gasteiger partial charge >= 0.3 is 5.97 Å². The molecule has 1 atom stereocenters. The number of aliphatic carboxylic acids is 1. The molecule has 0 aliphatic rings. The summed E-state index contributed by atoms with van der Waals surface area (Å²) in [4.78, 5) is 10.1. The van der Waals surface area contributed by atoms with Crippen LogP contribution in [-0.4, -0.2) is 34.6 Å². The second kappa shape index (κ2) is 10.3. The Morgan fingerprint density at radius 3 is 2.45 bits per heavy atom.